The van der Waals surface area contributed by atoms with Crippen LogP contribution in [0, 0.1) is 6.92 Å². The van der Waals surface area contributed by atoms with Gasteiger partial charge in [0.05, 0.1) is 13.0 Å². The Hall–Kier alpha value is -1.88. The van der Waals surface area contributed by atoms with Gasteiger partial charge >= 0.3 is 5.97 Å². The lowest BCUT2D eigenvalue weighted by Gasteiger charge is -2.34. The average Bonchev–Trinajstić information content (AvgIpc) is 2.35. The van der Waals surface area contributed by atoms with Gasteiger partial charge in [0.1, 0.15) is 0 Å². The zero-order valence-corrected chi connectivity index (χ0v) is 13.1. The number of nitrogens with zero attached hydrogens (tertiary/aromatic N) is 1. The van der Waals surface area contributed by atoms with Crippen LogP contribution in [0.25, 0.3) is 0 Å². The molecule has 0 aromatic heterocycles. The van der Waals surface area contributed by atoms with Gasteiger partial charge in [0.15, 0.2) is 0 Å². The van der Waals surface area contributed by atoms with Crippen LogP contribution in [0.15, 0.2) is 24.3 Å². The number of hydrogen-bond acceptors (Lipinski definition) is 3. The van der Waals surface area contributed by atoms with Crippen LogP contribution in [0.3, 0.4) is 0 Å². The summed E-state index contributed by atoms with van der Waals surface area (Å²) in [5.41, 5.74) is 1.52. The molecule has 0 unspecified atom stereocenters. The predicted octanol–water partition coefficient (Wildman–Crippen LogP) is 2.51. The van der Waals surface area contributed by atoms with Crippen molar-refractivity contribution >= 4 is 17.6 Å². The molecule has 1 rings (SSSR count). The number of para-hydroxylation sites is 1. The number of aryl methyl sites for hydroxylation is 1. The van der Waals surface area contributed by atoms with Crippen LogP contribution >= 0.6 is 0 Å². The molecule has 116 valence electrons. The van der Waals surface area contributed by atoms with Crippen LogP contribution in [0.2, 0.25) is 0 Å². The van der Waals surface area contributed by atoms with E-state index in [2.05, 4.69) is 5.32 Å². The number of carbonyl (C=O) groups is 2. The Morgan fingerprint density at radius 2 is 1.86 bits per heavy atom. The summed E-state index contributed by atoms with van der Waals surface area (Å²) < 4.78 is 0. The Kier molecular flexibility index (Phi) is 5.90. The molecule has 0 radical (unpaired) electrons. The highest BCUT2D eigenvalue weighted by atomic mass is 16.4. The fourth-order valence-corrected chi connectivity index (χ4v) is 1.96. The van der Waals surface area contributed by atoms with E-state index in [1.54, 1.807) is 0 Å². The van der Waals surface area contributed by atoms with Crippen LogP contribution in [0.5, 0.6) is 0 Å². The number of nitrogens with one attached hydrogen (secondary N) is 1. The molecule has 1 aromatic carbocycles. The molecule has 5 nitrogen and oxygen atoms in total. The largest absolute Gasteiger partial charge is 0.481 e. The zero-order valence-electron chi connectivity index (χ0n) is 13.1. The van der Waals surface area contributed by atoms with E-state index in [4.69, 9.17) is 5.11 Å². The third kappa shape index (κ3) is 5.95. The van der Waals surface area contributed by atoms with E-state index in [0.717, 1.165) is 11.3 Å². The standard InChI is InChI=1S/C16H24N2O3/c1-12-7-5-6-8-13(12)17-14(19)11-18(16(2,3)4)10-9-15(20)21/h5-8H,9-11H2,1-4H3,(H,17,19)(H,20,21). The number of rotatable bonds is 6. The summed E-state index contributed by atoms with van der Waals surface area (Å²) in [5.74, 6) is -0.992. The van der Waals surface area contributed by atoms with Gasteiger partial charge in [-0.15, -0.1) is 0 Å². The molecule has 0 spiro atoms. The molecule has 0 aliphatic heterocycles. The van der Waals surface area contributed by atoms with Crippen molar-refractivity contribution in [2.24, 2.45) is 0 Å². The molecule has 0 aliphatic rings. The van der Waals surface area contributed by atoms with E-state index >= 15 is 0 Å². The molecule has 1 aromatic rings. The number of carboxylic acid groups (broad SMARTS) is 1. The Bertz CT molecular complexity index is 506. The van der Waals surface area contributed by atoms with E-state index in [0.29, 0.717) is 6.54 Å². The number of amides is 1. The van der Waals surface area contributed by atoms with Gasteiger partial charge in [0, 0.05) is 17.8 Å². The summed E-state index contributed by atoms with van der Waals surface area (Å²) in [5, 5.41) is 11.7. The number of benzene rings is 1. The molecule has 0 saturated heterocycles. The molecule has 1 amide bonds. The zero-order chi connectivity index (χ0) is 16.0. The average molecular weight is 292 g/mol. The lowest BCUT2D eigenvalue weighted by Crippen LogP contribution is -2.46. The van der Waals surface area contributed by atoms with Crippen molar-refractivity contribution in [2.75, 3.05) is 18.4 Å². The Morgan fingerprint density at radius 1 is 1.24 bits per heavy atom. The van der Waals surface area contributed by atoms with Crippen LogP contribution in [0.4, 0.5) is 5.69 Å². The summed E-state index contributed by atoms with van der Waals surface area (Å²) in [7, 11) is 0. The first kappa shape index (κ1) is 17.2. The van der Waals surface area contributed by atoms with Crippen molar-refractivity contribution in [3.8, 4) is 0 Å². The Balaban J connectivity index is 2.68. The molecule has 21 heavy (non-hydrogen) atoms. The second kappa shape index (κ2) is 7.22. The maximum Gasteiger partial charge on any atom is 0.304 e. The van der Waals surface area contributed by atoms with Crippen LogP contribution in [-0.4, -0.2) is 40.5 Å². The summed E-state index contributed by atoms with van der Waals surface area (Å²) in [4.78, 5) is 24.8. The first-order valence-corrected chi connectivity index (χ1v) is 7.02. The maximum absolute atomic E-state index is 12.2. The first-order chi connectivity index (χ1) is 9.70. The van der Waals surface area contributed by atoms with Gasteiger partial charge < -0.3 is 10.4 Å². The van der Waals surface area contributed by atoms with Crippen LogP contribution < -0.4 is 5.32 Å². The van der Waals surface area contributed by atoms with E-state index < -0.39 is 5.97 Å². The fraction of sp³-hybridized carbons (Fsp3) is 0.500. The monoisotopic (exact) mass is 292 g/mol. The molecule has 5 heteroatoms. The molecular weight excluding hydrogens is 268 g/mol. The fourth-order valence-electron chi connectivity index (χ4n) is 1.96. The van der Waals surface area contributed by atoms with Gasteiger partial charge in [-0.05, 0) is 39.3 Å². The van der Waals surface area contributed by atoms with E-state index in [-0.39, 0.29) is 24.4 Å². The third-order valence-corrected chi connectivity index (χ3v) is 3.30. The third-order valence-electron chi connectivity index (χ3n) is 3.30. The van der Waals surface area contributed by atoms with Gasteiger partial charge in [-0.25, -0.2) is 0 Å². The van der Waals surface area contributed by atoms with Crippen molar-refractivity contribution in [3.63, 3.8) is 0 Å². The summed E-state index contributed by atoms with van der Waals surface area (Å²) >= 11 is 0. The van der Waals surface area contributed by atoms with E-state index in [9.17, 15) is 9.59 Å². The summed E-state index contributed by atoms with van der Waals surface area (Å²) in [6, 6.07) is 7.57. The molecule has 0 aliphatic carbocycles. The van der Waals surface area contributed by atoms with Crippen molar-refractivity contribution in [3.05, 3.63) is 29.8 Å². The molecule has 0 fully saturated rings. The first-order valence-electron chi connectivity index (χ1n) is 7.02. The predicted molar refractivity (Wildman–Crippen MR) is 83.4 cm³/mol. The molecule has 0 atom stereocenters. The SMILES string of the molecule is Cc1ccccc1NC(=O)CN(CCC(=O)O)C(C)(C)C. The number of anilines is 1. The lowest BCUT2D eigenvalue weighted by atomic mass is 10.1. The van der Waals surface area contributed by atoms with Crippen molar-refractivity contribution < 1.29 is 14.7 Å². The molecule has 0 heterocycles. The van der Waals surface area contributed by atoms with Crippen molar-refractivity contribution in [2.45, 2.75) is 39.7 Å². The van der Waals surface area contributed by atoms with Gasteiger partial charge in [0.2, 0.25) is 5.91 Å². The Morgan fingerprint density at radius 3 is 2.38 bits per heavy atom. The van der Waals surface area contributed by atoms with Crippen LogP contribution in [-0.2, 0) is 9.59 Å². The highest BCUT2D eigenvalue weighted by Gasteiger charge is 2.24. The minimum Gasteiger partial charge on any atom is -0.481 e. The van der Waals surface area contributed by atoms with Gasteiger partial charge in [-0.3, -0.25) is 14.5 Å². The molecule has 2 N–H and O–H groups in total. The maximum atomic E-state index is 12.2. The van der Waals surface area contributed by atoms with E-state index in [1.807, 2.05) is 56.9 Å². The van der Waals surface area contributed by atoms with Gasteiger partial charge in [-0.2, -0.15) is 0 Å². The molecule has 0 saturated carbocycles. The number of carbonyl (C=O) groups excluding carboxylic acids is 1. The molecular formula is C16H24N2O3. The van der Waals surface area contributed by atoms with Crippen molar-refractivity contribution in [1.82, 2.24) is 4.90 Å². The molecule has 0 bridgehead atoms. The minimum absolute atomic E-state index is 0.0227. The van der Waals surface area contributed by atoms with Gasteiger partial charge in [-0.1, -0.05) is 18.2 Å². The second-order valence-electron chi connectivity index (χ2n) is 6.10. The van der Waals surface area contributed by atoms with Gasteiger partial charge in [0.25, 0.3) is 0 Å². The normalized spacial score (nSPS) is 11.5. The highest BCUT2D eigenvalue weighted by molar-refractivity contribution is 5.93. The Labute approximate surface area is 126 Å². The lowest BCUT2D eigenvalue weighted by molar-refractivity contribution is -0.138. The second-order valence-corrected chi connectivity index (χ2v) is 6.10. The number of carboxylic acids is 1. The van der Waals surface area contributed by atoms with Crippen LogP contribution in [0.1, 0.15) is 32.8 Å². The topological polar surface area (TPSA) is 69.6 Å². The number of hydrogen-bond donors (Lipinski definition) is 2. The quantitative estimate of drug-likeness (QED) is 0.845. The summed E-state index contributed by atoms with van der Waals surface area (Å²) in [6.45, 7) is 8.36. The minimum atomic E-state index is -0.858. The van der Waals surface area contributed by atoms with E-state index in [1.165, 1.54) is 0 Å². The summed E-state index contributed by atoms with van der Waals surface area (Å²) in [6.07, 6.45) is 0.0227. The smallest absolute Gasteiger partial charge is 0.304 e. The number of aliphatic carboxylic acids is 1. The highest BCUT2D eigenvalue weighted by Crippen LogP contribution is 2.16. The van der Waals surface area contributed by atoms with Crippen molar-refractivity contribution in [1.29, 1.82) is 0 Å².